The maximum atomic E-state index is 12.4. The third-order valence-corrected chi connectivity index (χ3v) is 3.96. The lowest BCUT2D eigenvalue weighted by Gasteiger charge is -2.16. The first-order valence-electron chi connectivity index (χ1n) is 6.49. The van der Waals surface area contributed by atoms with Gasteiger partial charge in [0.05, 0.1) is 12.6 Å². The molecule has 0 saturated carbocycles. The van der Waals surface area contributed by atoms with Gasteiger partial charge in [-0.1, -0.05) is 12.1 Å². The fourth-order valence-corrected chi connectivity index (χ4v) is 2.68. The summed E-state index contributed by atoms with van der Waals surface area (Å²) in [6, 6.07) is 9.13. The highest BCUT2D eigenvalue weighted by atomic mass is 32.1. The van der Waals surface area contributed by atoms with Crippen LogP contribution in [0.5, 0.6) is 5.75 Å². The van der Waals surface area contributed by atoms with Crippen molar-refractivity contribution in [1.29, 1.82) is 0 Å². The second-order valence-electron chi connectivity index (χ2n) is 4.36. The predicted octanol–water partition coefficient (Wildman–Crippen LogP) is 3.22. The van der Waals surface area contributed by atoms with Crippen LogP contribution in [0, 0.1) is 0 Å². The van der Waals surface area contributed by atoms with Gasteiger partial charge in [0, 0.05) is 10.6 Å². The Morgan fingerprint density at radius 2 is 2.20 bits per heavy atom. The van der Waals surface area contributed by atoms with E-state index in [9.17, 15) is 4.79 Å². The van der Waals surface area contributed by atoms with Crippen molar-refractivity contribution < 1.29 is 9.53 Å². The number of hydrogen-bond acceptors (Lipinski definition) is 4. The third kappa shape index (κ3) is 3.11. The summed E-state index contributed by atoms with van der Waals surface area (Å²) in [6.45, 7) is 4.31. The van der Waals surface area contributed by atoms with E-state index in [1.807, 2.05) is 31.4 Å². The van der Waals surface area contributed by atoms with Crippen molar-refractivity contribution in [1.82, 2.24) is 5.32 Å². The largest absolute Gasteiger partial charge is 0.493 e. The number of nitrogens with one attached hydrogen (secondary N) is 1. The smallest absolute Gasteiger partial charge is 0.257 e. The summed E-state index contributed by atoms with van der Waals surface area (Å²) >= 11 is 1.61. The average molecular weight is 290 g/mol. The van der Waals surface area contributed by atoms with Crippen molar-refractivity contribution in [3.8, 4) is 5.75 Å². The molecule has 106 valence electrons. The Bertz CT molecular complexity index is 582. The molecule has 1 aromatic carbocycles. The van der Waals surface area contributed by atoms with Crippen LogP contribution in [0.25, 0.3) is 0 Å². The zero-order valence-electron chi connectivity index (χ0n) is 11.6. The van der Waals surface area contributed by atoms with E-state index in [1.54, 1.807) is 29.5 Å². The van der Waals surface area contributed by atoms with Crippen LogP contribution >= 0.6 is 11.3 Å². The SMILES string of the molecule is CCOc1cccc(N)c1C(=O)NC(C)c1cccs1. The van der Waals surface area contributed by atoms with Crippen LogP contribution in [0.15, 0.2) is 35.7 Å². The zero-order chi connectivity index (χ0) is 14.5. The van der Waals surface area contributed by atoms with E-state index in [-0.39, 0.29) is 11.9 Å². The molecule has 3 N–H and O–H groups in total. The fraction of sp³-hybridized carbons (Fsp3) is 0.267. The quantitative estimate of drug-likeness (QED) is 0.831. The summed E-state index contributed by atoms with van der Waals surface area (Å²) < 4.78 is 5.47. The Balaban J connectivity index is 2.20. The molecule has 0 saturated heterocycles. The van der Waals surface area contributed by atoms with Gasteiger partial charge in [0.15, 0.2) is 0 Å². The van der Waals surface area contributed by atoms with Crippen molar-refractivity contribution >= 4 is 22.9 Å². The standard InChI is InChI=1S/C15H18N2O2S/c1-3-19-12-7-4-6-11(16)14(12)15(18)17-10(2)13-8-5-9-20-13/h4-10H,3,16H2,1-2H3,(H,17,18). The van der Waals surface area contributed by atoms with Crippen LogP contribution in [0.2, 0.25) is 0 Å². The van der Waals surface area contributed by atoms with Gasteiger partial charge in [-0.15, -0.1) is 11.3 Å². The van der Waals surface area contributed by atoms with Crippen LogP contribution in [0.1, 0.15) is 35.1 Å². The molecule has 0 bridgehead atoms. The van der Waals surface area contributed by atoms with Crippen LogP contribution in [0.4, 0.5) is 5.69 Å². The number of carbonyl (C=O) groups excluding carboxylic acids is 1. The first-order chi connectivity index (χ1) is 9.63. The number of nitrogen functional groups attached to an aromatic ring is 1. The molecule has 20 heavy (non-hydrogen) atoms. The number of ether oxygens (including phenoxy) is 1. The number of anilines is 1. The number of benzene rings is 1. The molecule has 2 rings (SSSR count). The minimum Gasteiger partial charge on any atom is -0.493 e. The number of amides is 1. The minimum atomic E-state index is -0.215. The van der Waals surface area contributed by atoms with Crippen molar-refractivity contribution in [2.45, 2.75) is 19.9 Å². The van der Waals surface area contributed by atoms with Crippen LogP contribution in [0.3, 0.4) is 0 Å². The third-order valence-electron chi connectivity index (χ3n) is 2.90. The normalized spacial score (nSPS) is 11.9. The molecule has 1 heterocycles. The van der Waals surface area contributed by atoms with Gasteiger partial charge in [-0.05, 0) is 37.4 Å². The number of nitrogens with two attached hydrogens (primary N) is 1. The minimum absolute atomic E-state index is 0.0587. The van der Waals surface area contributed by atoms with Gasteiger partial charge in [0.1, 0.15) is 11.3 Å². The van der Waals surface area contributed by atoms with E-state index >= 15 is 0 Å². The molecule has 0 spiro atoms. The van der Waals surface area contributed by atoms with Gasteiger partial charge >= 0.3 is 0 Å². The van der Waals surface area contributed by atoms with E-state index in [2.05, 4.69) is 5.32 Å². The molecule has 0 radical (unpaired) electrons. The lowest BCUT2D eigenvalue weighted by atomic mass is 10.1. The van der Waals surface area contributed by atoms with Gasteiger partial charge in [0.2, 0.25) is 0 Å². The number of hydrogen-bond donors (Lipinski definition) is 2. The van der Waals surface area contributed by atoms with Crippen molar-refractivity contribution in [3.05, 3.63) is 46.2 Å². The monoisotopic (exact) mass is 290 g/mol. The summed E-state index contributed by atoms with van der Waals surface area (Å²) in [7, 11) is 0. The van der Waals surface area contributed by atoms with Gasteiger partial charge in [-0.2, -0.15) is 0 Å². The molecule has 0 aliphatic rings. The first kappa shape index (κ1) is 14.4. The van der Waals surface area contributed by atoms with Gasteiger partial charge in [0.25, 0.3) is 5.91 Å². The summed E-state index contributed by atoms with van der Waals surface area (Å²) in [5.74, 6) is 0.302. The molecule has 1 unspecified atom stereocenters. The molecule has 2 aromatic rings. The van der Waals surface area contributed by atoms with Crippen molar-refractivity contribution in [2.24, 2.45) is 0 Å². The van der Waals surface area contributed by atoms with Gasteiger partial charge < -0.3 is 15.8 Å². The zero-order valence-corrected chi connectivity index (χ0v) is 12.4. The number of rotatable bonds is 5. The molecule has 4 nitrogen and oxygen atoms in total. The fourth-order valence-electron chi connectivity index (χ4n) is 1.94. The van der Waals surface area contributed by atoms with Crippen molar-refractivity contribution in [2.75, 3.05) is 12.3 Å². The van der Waals surface area contributed by atoms with Crippen molar-refractivity contribution in [3.63, 3.8) is 0 Å². The molecule has 1 atom stereocenters. The van der Waals surface area contributed by atoms with E-state index in [4.69, 9.17) is 10.5 Å². The van der Waals surface area contributed by atoms with Crippen LogP contribution < -0.4 is 15.8 Å². The summed E-state index contributed by atoms with van der Waals surface area (Å²) in [5.41, 5.74) is 6.73. The topological polar surface area (TPSA) is 64.3 Å². The summed E-state index contributed by atoms with van der Waals surface area (Å²) in [6.07, 6.45) is 0. The number of thiophene rings is 1. The molecule has 5 heteroatoms. The molecule has 0 aliphatic heterocycles. The second kappa shape index (κ2) is 6.43. The highest BCUT2D eigenvalue weighted by molar-refractivity contribution is 7.10. The molecular weight excluding hydrogens is 272 g/mol. The Hall–Kier alpha value is -2.01. The van der Waals surface area contributed by atoms with Gasteiger partial charge in [-0.3, -0.25) is 4.79 Å². The predicted molar refractivity (Wildman–Crippen MR) is 82.2 cm³/mol. The van der Waals surface area contributed by atoms with Gasteiger partial charge in [-0.25, -0.2) is 0 Å². The summed E-state index contributed by atoms with van der Waals surface area (Å²) in [5, 5.41) is 4.94. The highest BCUT2D eigenvalue weighted by Gasteiger charge is 2.18. The molecule has 0 aliphatic carbocycles. The van der Waals surface area contributed by atoms with E-state index in [1.165, 1.54) is 0 Å². The Morgan fingerprint density at radius 3 is 2.85 bits per heavy atom. The lowest BCUT2D eigenvalue weighted by molar-refractivity contribution is 0.0937. The second-order valence-corrected chi connectivity index (χ2v) is 5.34. The maximum Gasteiger partial charge on any atom is 0.257 e. The lowest BCUT2D eigenvalue weighted by Crippen LogP contribution is -2.27. The molecule has 1 amide bonds. The van der Waals surface area contributed by atoms with E-state index < -0.39 is 0 Å². The first-order valence-corrected chi connectivity index (χ1v) is 7.37. The molecule has 1 aromatic heterocycles. The average Bonchev–Trinajstić information content (AvgIpc) is 2.93. The molecular formula is C15H18N2O2S. The maximum absolute atomic E-state index is 12.4. The Kier molecular flexibility index (Phi) is 4.63. The number of carbonyl (C=O) groups is 1. The van der Waals surface area contributed by atoms with Crippen LogP contribution in [-0.2, 0) is 0 Å². The Morgan fingerprint density at radius 1 is 1.40 bits per heavy atom. The van der Waals surface area contributed by atoms with Crippen LogP contribution in [-0.4, -0.2) is 12.5 Å². The Labute approximate surface area is 122 Å². The highest BCUT2D eigenvalue weighted by Crippen LogP contribution is 2.26. The van der Waals surface area contributed by atoms with E-state index in [0.29, 0.717) is 23.6 Å². The summed E-state index contributed by atoms with van der Waals surface area (Å²) in [4.78, 5) is 13.5. The molecule has 0 fully saturated rings. The van der Waals surface area contributed by atoms with E-state index in [0.717, 1.165) is 4.88 Å².